The van der Waals surface area contributed by atoms with Gasteiger partial charge < -0.3 is 0 Å². The lowest BCUT2D eigenvalue weighted by atomic mass is 9.59. The van der Waals surface area contributed by atoms with E-state index < -0.39 is 0 Å². The van der Waals surface area contributed by atoms with Gasteiger partial charge in [-0.3, -0.25) is 4.79 Å². The highest BCUT2D eigenvalue weighted by Gasteiger charge is 2.64. The predicted molar refractivity (Wildman–Crippen MR) is 86.0 cm³/mol. The molecule has 1 nitrogen and oxygen atoms in total. The zero-order chi connectivity index (χ0) is 14.5. The van der Waals surface area contributed by atoms with Gasteiger partial charge in [0.05, 0.1) is 0 Å². The van der Waals surface area contributed by atoms with Crippen molar-refractivity contribution in [3.63, 3.8) is 0 Å². The molecule has 0 N–H and O–H groups in total. The van der Waals surface area contributed by atoms with Crippen molar-refractivity contribution in [1.82, 2.24) is 0 Å². The molecule has 0 heterocycles. The molecule has 0 aromatic carbocycles. The maximum Gasteiger partial charge on any atom is 0.162 e. The largest absolute Gasteiger partial charge is 0.294 e. The minimum absolute atomic E-state index is 0.183. The number of hydrogen-bond acceptors (Lipinski definition) is 1. The molecular weight excluding hydrogens is 268 g/mol. The van der Waals surface area contributed by atoms with Crippen molar-refractivity contribution in [3.8, 4) is 0 Å². The summed E-state index contributed by atoms with van der Waals surface area (Å²) in [7, 11) is 0. The molecule has 22 heavy (non-hydrogen) atoms. The number of hydrogen-bond donors (Lipinski definition) is 0. The van der Waals surface area contributed by atoms with Crippen molar-refractivity contribution < 1.29 is 4.79 Å². The summed E-state index contributed by atoms with van der Waals surface area (Å²) in [4.78, 5) is 12.7. The van der Waals surface area contributed by atoms with E-state index in [0.717, 1.165) is 11.8 Å². The van der Waals surface area contributed by atoms with Crippen molar-refractivity contribution >= 4 is 5.78 Å². The van der Waals surface area contributed by atoms with Crippen molar-refractivity contribution in [3.05, 3.63) is 35.5 Å². The third kappa shape index (κ3) is 1.20. The SMILES string of the molecule is O=C1C=CC2C=CC1C1C2C2=C(C3CCC2C3)C12CCCC2. The molecule has 1 heteroatoms. The molecular formula is C21H24O. The standard InChI is InChI=1S/C21H24O/c22-16-8-6-12-5-7-15(16)20-17(12)18-13-3-4-14(11-13)19(18)21(20)9-1-2-10-21/h5-8,12-15,17,20H,1-4,9-11H2. The first-order chi connectivity index (χ1) is 10.8. The molecule has 0 aliphatic heterocycles. The number of carbonyl (C=O) groups excluding carboxylic acids is 1. The quantitative estimate of drug-likeness (QED) is 0.602. The fourth-order valence-electron chi connectivity index (χ4n) is 7.73. The second kappa shape index (κ2) is 3.86. The summed E-state index contributed by atoms with van der Waals surface area (Å²) in [6.07, 6.45) is 18.7. The van der Waals surface area contributed by atoms with Crippen molar-refractivity contribution in [1.29, 1.82) is 0 Å². The lowest BCUT2D eigenvalue weighted by Crippen LogP contribution is -2.41. The van der Waals surface area contributed by atoms with E-state index in [-0.39, 0.29) is 5.92 Å². The summed E-state index contributed by atoms with van der Waals surface area (Å²) in [5.41, 5.74) is 4.22. The highest BCUT2D eigenvalue weighted by Crippen LogP contribution is 2.73. The maximum atomic E-state index is 12.7. The van der Waals surface area contributed by atoms with Crippen LogP contribution in [0.25, 0.3) is 0 Å². The van der Waals surface area contributed by atoms with Crippen LogP contribution in [0.1, 0.15) is 44.9 Å². The van der Waals surface area contributed by atoms with E-state index in [1.807, 2.05) is 17.2 Å². The van der Waals surface area contributed by atoms with Crippen molar-refractivity contribution in [2.75, 3.05) is 0 Å². The Labute approximate surface area is 132 Å². The highest BCUT2D eigenvalue weighted by molar-refractivity contribution is 5.94. The Hall–Kier alpha value is -1.11. The van der Waals surface area contributed by atoms with Crippen LogP contribution in [0.3, 0.4) is 0 Å². The molecule has 114 valence electrons. The van der Waals surface area contributed by atoms with Crippen LogP contribution in [0.2, 0.25) is 0 Å². The summed E-state index contributed by atoms with van der Waals surface area (Å²) in [6.45, 7) is 0. The summed E-state index contributed by atoms with van der Waals surface area (Å²) < 4.78 is 0. The molecule has 7 aliphatic carbocycles. The molecule has 6 atom stereocenters. The fraction of sp³-hybridized carbons (Fsp3) is 0.667. The average molecular weight is 292 g/mol. The molecule has 0 aromatic rings. The molecule has 0 aromatic heterocycles. The Balaban J connectivity index is 1.61. The first-order valence-corrected chi connectivity index (χ1v) is 9.44. The smallest absolute Gasteiger partial charge is 0.162 e. The monoisotopic (exact) mass is 292 g/mol. The van der Waals surface area contributed by atoms with E-state index in [9.17, 15) is 4.79 Å². The molecule has 7 rings (SSSR count). The summed E-state index contributed by atoms with van der Waals surface area (Å²) >= 11 is 0. The molecule has 2 fully saturated rings. The normalized spacial score (nSPS) is 49.4. The highest BCUT2D eigenvalue weighted by atomic mass is 16.1. The molecule has 0 amide bonds. The first-order valence-electron chi connectivity index (χ1n) is 9.44. The van der Waals surface area contributed by atoms with E-state index in [2.05, 4.69) is 18.2 Å². The number of rotatable bonds is 0. The van der Waals surface area contributed by atoms with Crippen LogP contribution in [0.5, 0.6) is 0 Å². The third-order valence-electron chi connectivity index (χ3n) is 8.16. The van der Waals surface area contributed by atoms with Crippen LogP contribution >= 0.6 is 0 Å². The third-order valence-corrected chi connectivity index (χ3v) is 8.16. The van der Waals surface area contributed by atoms with Crippen molar-refractivity contribution in [2.24, 2.45) is 40.9 Å². The van der Waals surface area contributed by atoms with Crippen LogP contribution in [0.15, 0.2) is 35.5 Å². The first kappa shape index (κ1) is 12.3. The number of carbonyl (C=O) groups is 1. The van der Waals surface area contributed by atoms with Gasteiger partial charge in [-0.05, 0) is 67.3 Å². The number of fused-ring (bicyclic) bond motifs is 6. The predicted octanol–water partition coefficient (Wildman–Crippen LogP) is 4.46. The van der Waals surface area contributed by atoms with Crippen molar-refractivity contribution in [2.45, 2.75) is 44.9 Å². The molecule has 1 spiro atoms. The second-order valence-corrected chi connectivity index (χ2v) is 8.74. The molecule has 0 saturated heterocycles. The molecule has 7 aliphatic rings. The van der Waals surface area contributed by atoms with Gasteiger partial charge in [0, 0.05) is 11.8 Å². The van der Waals surface area contributed by atoms with Gasteiger partial charge in [0.15, 0.2) is 5.78 Å². The summed E-state index contributed by atoms with van der Waals surface area (Å²) in [5, 5.41) is 0. The van der Waals surface area contributed by atoms with Gasteiger partial charge in [-0.15, -0.1) is 0 Å². The van der Waals surface area contributed by atoms with E-state index in [1.54, 1.807) is 0 Å². The van der Waals surface area contributed by atoms with Crippen LogP contribution in [-0.2, 0) is 4.79 Å². The van der Waals surface area contributed by atoms with Crippen LogP contribution in [-0.4, -0.2) is 5.78 Å². The maximum absolute atomic E-state index is 12.7. The van der Waals surface area contributed by atoms with Gasteiger partial charge in [-0.1, -0.05) is 42.2 Å². The number of allylic oxidation sites excluding steroid dienone is 6. The van der Waals surface area contributed by atoms with Gasteiger partial charge in [0.2, 0.25) is 0 Å². The Morgan fingerprint density at radius 2 is 1.82 bits per heavy atom. The Bertz CT molecular complexity index is 657. The van der Waals surface area contributed by atoms with Crippen LogP contribution in [0, 0.1) is 40.9 Å². The van der Waals surface area contributed by atoms with Gasteiger partial charge in [0.1, 0.15) is 0 Å². The van der Waals surface area contributed by atoms with Gasteiger partial charge in [0.25, 0.3) is 0 Å². The topological polar surface area (TPSA) is 17.1 Å². The Kier molecular flexibility index (Phi) is 2.16. The van der Waals surface area contributed by atoms with Gasteiger partial charge in [-0.25, -0.2) is 0 Å². The molecule has 6 unspecified atom stereocenters. The number of ketones is 1. The van der Waals surface area contributed by atoms with Crippen LogP contribution < -0.4 is 0 Å². The summed E-state index contributed by atoms with van der Waals surface area (Å²) in [5.74, 6) is 4.15. The molecule has 0 radical (unpaired) electrons. The van der Waals surface area contributed by atoms with E-state index in [4.69, 9.17) is 0 Å². The zero-order valence-electron chi connectivity index (χ0n) is 13.1. The lowest BCUT2D eigenvalue weighted by molar-refractivity contribution is -0.120. The second-order valence-electron chi connectivity index (χ2n) is 8.74. The van der Waals surface area contributed by atoms with Crippen LogP contribution in [0.4, 0.5) is 0 Å². The fourth-order valence-corrected chi connectivity index (χ4v) is 7.73. The molecule has 2 saturated carbocycles. The lowest BCUT2D eigenvalue weighted by Gasteiger charge is -2.44. The minimum Gasteiger partial charge on any atom is -0.294 e. The summed E-state index contributed by atoms with van der Waals surface area (Å²) in [6, 6.07) is 0. The zero-order valence-corrected chi connectivity index (χ0v) is 13.1. The van der Waals surface area contributed by atoms with Gasteiger partial charge in [-0.2, -0.15) is 0 Å². The Morgan fingerprint density at radius 1 is 1.00 bits per heavy atom. The van der Waals surface area contributed by atoms with E-state index >= 15 is 0 Å². The minimum atomic E-state index is 0.183. The molecule has 4 bridgehead atoms. The van der Waals surface area contributed by atoms with E-state index in [1.165, 1.54) is 44.9 Å². The van der Waals surface area contributed by atoms with Gasteiger partial charge >= 0.3 is 0 Å². The average Bonchev–Trinajstić information content (AvgIpc) is 3.27. The Morgan fingerprint density at radius 3 is 2.68 bits per heavy atom. The van der Waals surface area contributed by atoms with E-state index in [0.29, 0.717) is 29.0 Å².